The van der Waals surface area contributed by atoms with Gasteiger partial charge in [0, 0.05) is 25.3 Å². The van der Waals surface area contributed by atoms with E-state index in [0.29, 0.717) is 24.6 Å². The van der Waals surface area contributed by atoms with Gasteiger partial charge in [-0.25, -0.2) is 0 Å². The molecule has 0 radical (unpaired) electrons. The van der Waals surface area contributed by atoms with E-state index in [4.69, 9.17) is 15.6 Å². The Bertz CT molecular complexity index is 394. The van der Waals surface area contributed by atoms with Crippen LogP contribution in [0.2, 0.25) is 0 Å². The summed E-state index contributed by atoms with van der Waals surface area (Å²) in [6, 6.07) is 7.07. The number of aliphatic hydroxyl groups excluding tert-OH is 1. The van der Waals surface area contributed by atoms with Crippen molar-refractivity contribution in [2.24, 2.45) is 0 Å². The van der Waals surface area contributed by atoms with Gasteiger partial charge in [0.05, 0.1) is 19.1 Å². The van der Waals surface area contributed by atoms with Crippen LogP contribution in [-0.2, 0) is 4.79 Å². The highest BCUT2D eigenvalue weighted by Gasteiger charge is 2.10. The fraction of sp³-hybridized carbons (Fsp3) is 0.462. The normalized spacial score (nSPS) is 11.9. The standard InChI is InChI=1S/C13H20N2O3/c1-10(16)9-15(2)13(17)6-7-18-12-5-3-4-11(14)8-12/h3-5,8,10,16H,6-7,9,14H2,1-2H3. The van der Waals surface area contributed by atoms with Crippen LogP contribution < -0.4 is 10.5 Å². The summed E-state index contributed by atoms with van der Waals surface area (Å²) in [5.41, 5.74) is 6.24. The van der Waals surface area contributed by atoms with E-state index in [2.05, 4.69) is 0 Å². The lowest BCUT2D eigenvalue weighted by Gasteiger charge is -2.18. The number of hydrogen-bond donors (Lipinski definition) is 2. The third-order valence-electron chi connectivity index (χ3n) is 2.41. The van der Waals surface area contributed by atoms with Crippen LogP contribution in [0.3, 0.4) is 0 Å². The number of ether oxygens (including phenoxy) is 1. The van der Waals surface area contributed by atoms with Crippen molar-refractivity contribution in [1.82, 2.24) is 4.90 Å². The van der Waals surface area contributed by atoms with Crippen LogP contribution in [0.25, 0.3) is 0 Å². The van der Waals surface area contributed by atoms with Crippen molar-refractivity contribution in [3.63, 3.8) is 0 Å². The highest BCUT2D eigenvalue weighted by molar-refractivity contribution is 5.76. The Morgan fingerprint density at radius 1 is 1.56 bits per heavy atom. The van der Waals surface area contributed by atoms with E-state index in [-0.39, 0.29) is 12.3 Å². The molecule has 5 nitrogen and oxygen atoms in total. The summed E-state index contributed by atoms with van der Waals surface area (Å²) >= 11 is 0. The number of likely N-dealkylation sites (N-methyl/N-ethyl adjacent to an activating group) is 1. The minimum absolute atomic E-state index is 0.0557. The van der Waals surface area contributed by atoms with Crippen LogP contribution in [-0.4, -0.2) is 42.2 Å². The number of carbonyl (C=O) groups is 1. The number of rotatable bonds is 6. The lowest BCUT2D eigenvalue weighted by molar-refractivity contribution is -0.131. The summed E-state index contributed by atoms with van der Waals surface area (Å²) in [6.45, 7) is 2.27. The highest BCUT2D eigenvalue weighted by atomic mass is 16.5. The summed E-state index contributed by atoms with van der Waals surface area (Å²) in [4.78, 5) is 13.1. The third kappa shape index (κ3) is 5.05. The van der Waals surface area contributed by atoms with Gasteiger partial charge in [-0.05, 0) is 19.1 Å². The van der Waals surface area contributed by atoms with Crippen molar-refractivity contribution in [2.45, 2.75) is 19.4 Å². The number of amides is 1. The van der Waals surface area contributed by atoms with Crippen LogP contribution in [0.1, 0.15) is 13.3 Å². The van der Waals surface area contributed by atoms with Crippen molar-refractivity contribution in [2.75, 3.05) is 25.9 Å². The molecular weight excluding hydrogens is 232 g/mol. The van der Waals surface area contributed by atoms with Gasteiger partial charge in [0.15, 0.2) is 0 Å². The molecule has 5 heteroatoms. The average Bonchev–Trinajstić information content (AvgIpc) is 2.28. The van der Waals surface area contributed by atoms with Gasteiger partial charge in [-0.3, -0.25) is 4.79 Å². The lowest BCUT2D eigenvalue weighted by atomic mass is 10.3. The Labute approximate surface area is 107 Å². The molecule has 0 aliphatic rings. The Balaban J connectivity index is 2.31. The molecule has 0 aromatic heterocycles. The zero-order valence-electron chi connectivity index (χ0n) is 10.8. The monoisotopic (exact) mass is 252 g/mol. The number of hydrogen-bond acceptors (Lipinski definition) is 4. The maximum Gasteiger partial charge on any atom is 0.225 e. The van der Waals surface area contributed by atoms with Crippen molar-refractivity contribution in [3.05, 3.63) is 24.3 Å². The van der Waals surface area contributed by atoms with Gasteiger partial charge < -0.3 is 20.5 Å². The molecule has 100 valence electrons. The number of anilines is 1. The zero-order chi connectivity index (χ0) is 13.5. The van der Waals surface area contributed by atoms with Gasteiger partial charge in [-0.1, -0.05) is 6.07 Å². The highest BCUT2D eigenvalue weighted by Crippen LogP contribution is 2.14. The number of benzene rings is 1. The zero-order valence-corrected chi connectivity index (χ0v) is 10.8. The minimum atomic E-state index is -0.520. The van der Waals surface area contributed by atoms with Gasteiger partial charge in [-0.15, -0.1) is 0 Å². The van der Waals surface area contributed by atoms with Crippen molar-refractivity contribution < 1.29 is 14.6 Å². The Kier molecular flexibility index (Phi) is 5.45. The molecular formula is C13H20N2O3. The number of nitrogen functional groups attached to an aromatic ring is 1. The van der Waals surface area contributed by atoms with E-state index in [1.54, 1.807) is 38.2 Å². The molecule has 0 fully saturated rings. The van der Waals surface area contributed by atoms with E-state index in [9.17, 15) is 4.79 Å². The molecule has 1 rings (SSSR count). The maximum absolute atomic E-state index is 11.6. The van der Waals surface area contributed by atoms with E-state index < -0.39 is 6.10 Å². The van der Waals surface area contributed by atoms with Gasteiger partial charge in [0.1, 0.15) is 5.75 Å². The van der Waals surface area contributed by atoms with E-state index in [0.717, 1.165) is 0 Å². The fourth-order valence-electron chi connectivity index (χ4n) is 1.55. The molecule has 0 spiro atoms. The van der Waals surface area contributed by atoms with Crippen molar-refractivity contribution in [3.8, 4) is 5.75 Å². The van der Waals surface area contributed by atoms with Gasteiger partial charge in [-0.2, -0.15) is 0 Å². The first-order valence-corrected chi connectivity index (χ1v) is 5.89. The molecule has 1 aromatic rings. The molecule has 3 N–H and O–H groups in total. The lowest BCUT2D eigenvalue weighted by Crippen LogP contribution is -2.33. The average molecular weight is 252 g/mol. The molecule has 0 saturated heterocycles. The molecule has 1 aromatic carbocycles. The predicted molar refractivity (Wildman–Crippen MR) is 70.3 cm³/mol. The molecule has 1 unspecified atom stereocenters. The van der Waals surface area contributed by atoms with Gasteiger partial charge in [0.2, 0.25) is 5.91 Å². The first-order chi connectivity index (χ1) is 8.49. The fourth-order valence-corrected chi connectivity index (χ4v) is 1.55. The van der Waals surface area contributed by atoms with Crippen LogP contribution in [0, 0.1) is 0 Å². The summed E-state index contributed by atoms with van der Waals surface area (Å²) in [5.74, 6) is 0.598. The second-order valence-electron chi connectivity index (χ2n) is 4.29. The number of carbonyl (C=O) groups excluding carboxylic acids is 1. The summed E-state index contributed by atoms with van der Waals surface area (Å²) < 4.78 is 5.42. The molecule has 1 amide bonds. The van der Waals surface area contributed by atoms with Crippen LogP contribution in [0.15, 0.2) is 24.3 Å². The largest absolute Gasteiger partial charge is 0.493 e. The summed E-state index contributed by atoms with van der Waals surface area (Å²) in [5, 5.41) is 9.17. The van der Waals surface area contributed by atoms with Crippen molar-refractivity contribution in [1.29, 1.82) is 0 Å². The Hall–Kier alpha value is -1.75. The van der Waals surface area contributed by atoms with E-state index in [1.165, 1.54) is 4.90 Å². The Morgan fingerprint density at radius 3 is 2.89 bits per heavy atom. The maximum atomic E-state index is 11.6. The minimum Gasteiger partial charge on any atom is -0.493 e. The van der Waals surface area contributed by atoms with Gasteiger partial charge in [0.25, 0.3) is 0 Å². The smallest absolute Gasteiger partial charge is 0.225 e. The first kappa shape index (κ1) is 14.3. The molecule has 1 atom stereocenters. The molecule has 18 heavy (non-hydrogen) atoms. The second kappa shape index (κ2) is 6.86. The number of aliphatic hydroxyl groups is 1. The molecule has 0 aliphatic heterocycles. The van der Waals surface area contributed by atoms with E-state index >= 15 is 0 Å². The van der Waals surface area contributed by atoms with Crippen molar-refractivity contribution >= 4 is 11.6 Å². The number of nitrogens with two attached hydrogens (primary N) is 1. The molecule has 0 heterocycles. The quantitative estimate of drug-likeness (QED) is 0.737. The number of nitrogens with zero attached hydrogens (tertiary/aromatic N) is 1. The van der Waals surface area contributed by atoms with Crippen LogP contribution in [0.4, 0.5) is 5.69 Å². The SMILES string of the molecule is CC(O)CN(C)C(=O)CCOc1cccc(N)c1. The summed E-state index contributed by atoms with van der Waals surface area (Å²) in [7, 11) is 1.66. The molecule has 0 saturated carbocycles. The van der Waals surface area contributed by atoms with Crippen LogP contribution >= 0.6 is 0 Å². The summed E-state index contributed by atoms with van der Waals surface area (Å²) in [6.07, 6.45) is -0.244. The molecule has 0 aliphatic carbocycles. The third-order valence-corrected chi connectivity index (χ3v) is 2.41. The first-order valence-electron chi connectivity index (χ1n) is 5.89. The Morgan fingerprint density at radius 2 is 2.28 bits per heavy atom. The van der Waals surface area contributed by atoms with Gasteiger partial charge >= 0.3 is 0 Å². The predicted octanol–water partition coefficient (Wildman–Crippen LogP) is 0.877. The second-order valence-corrected chi connectivity index (χ2v) is 4.29. The van der Waals surface area contributed by atoms with E-state index in [1.807, 2.05) is 0 Å². The van der Waals surface area contributed by atoms with Crippen LogP contribution in [0.5, 0.6) is 5.75 Å². The molecule has 0 bridgehead atoms. The topological polar surface area (TPSA) is 75.8 Å².